The summed E-state index contributed by atoms with van der Waals surface area (Å²) in [6, 6.07) is 0. The Bertz CT molecular complexity index is 1310. The number of hydrogen-bond donors (Lipinski definition) is 4. The molecule has 0 aromatic heterocycles. The monoisotopic (exact) mass is 749 g/mol. The van der Waals surface area contributed by atoms with E-state index in [9.17, 15) is 29.7 Å². The maximum Gasteiger partial charge on any atom is 0.404 e. The third-order valence-electron chi connectivity index (χ3n) is 11.2. The van der Waals surface area contributed by atoms with E-state index in [-0.39, 0.29) is 54.8 Å². The van der Waals surface area contributed by atoms with Gasteiger partial charge in [0.25, 0.3) is 0 Å². The van der Waals surface area contributed by atoms with Crippen LogP contribution in [0.3, 0.4) is 0 Å². The van der Waals surface area contributed by atoms with Crippen molar-refractivity contribution in [3.8, 4) is 0 Å². The minimum atomic E-state index is -1.73. The van der Waals surface area contributed by atoms with Crippen LogP contribution in [0.25, 0.3) is 0 Å². The van der Waals surface area contributed by atoms with E-state index in [4.69, 9.17) is 29.4 Å². The summed E-state index contributed by atoms with van der Waals surface area (Å²) in [5.74, 6) is -3.23. The van der Waals surface area contributed by atoms with E-state index in [1.165, 1.54) is 0 Å². The summed E-state index contributed by atoms with van der Waals surface area (Å²) in [7, 11) is 0. The molecule has 12 heteroatoms. The van der Waals surface area contributed by atoms with E-state index in [1.54, 1.807) is 20.8 Å². The topological polar surface area (TPSA) is 184 Å². The van der Waals surface area contributed by atoms with Crippen LogP contribution < -0.4 is 5.73 Å². The van der Waals surface area contributed by atoms with Crippen molar-refractivity contribution in [2.45, 2.75) is 175 Å². The molecule has 1 amide bonds. The standard InChI is InChI=1S/C41H67NO11/c1-10-32(43)29(8)36(45)26(5)20-28(7)38-27(6)19-23(2)15-16-31(50-35-21-33(51-40(42)47)37(46)30(9)49-35)14-12-11-13-24(3)39-25(4)17-18-41(48,53-39)22-34(44)52-38/h13,15-17,23,26-31,33,35-39,45-46,48H,10-12,14,18-22H2,1-9H3,(H2,42,47)/b16-15+,24-13+/t23-,26-,27+,28+,29+,30-,31+,33-,35+,36-,37-,38-,39-,41+/m1/s1. The molecule has 0 aromatic rings. The quantitative estimate of drug-likeness (QED) is 0.151. The summed E-state index contributed by atoms with van der Waals surface area (Å²) < 4.78 is 30.0. The highest BCUT2D eigenvalue weighted by Gasteiger charge is 2.41. The number of rotatable bonds is 10. The normalized spacial score (nSPS) is 37.6. The summed E-state index contributed by atoms with van der Waals surface area (Å²) in [5, 5.41) is 33.1. The molecule has 2 bridgehead atoms. The van der Waals surface area contributed by atoms with Crippen molar-refractivity contribution in [2.75, 3.05) is 0 Å². The highest BCUT2D eigenvalue weighted by Crippen LogP contribution is 2.35. The molecular formula is C41H67NO11. The van der Waals surface area contributed by atoms with Crippen LogP contribution in [0.4, 0.5) is 4.79 Å². The minimum absolute atomic E-state index is 0.00488. The van der Waals surface area contributed by atoms with Gasteiger partial charge in [-0.25, -0.2) is 4.79 Å². The van der Waals surface area contributed by atoms with Crippen LogP contribution in [-0.4, -0.2) is 88.0 Å². The number of Topliss-reactive ketones (excluding diaryl/α,β-unsaturated/α-hetero) is 1. The summed E-state index contributed by atoms with van der Waals surface area (Å²) in [4.78, 5) is 37.5. The van der Waals surface area contributed by atoms with Crippen molar-refractivity contribution in [3.05, 3.63) is 35.5 Å². The van der Waals surface area contributed by atoms with Crippen LogP contribution in [0.1, 0.15) is 120 Å². The number of cyclic esters (lactones) is 1. The Morgan fingerprint density at radius 2 is 1.75 bits per heavy atom. The van der Waals surface area contributed by atoms with Crippen LogP contribution in [0.15, 0.2) is 35.5 Å². The lowest BCUT2D eigenvalue weighted by Crippen LogP contribution is -2.50. The highest BCUT2D eigenvalue weighted by atomic mass is 16.7. The number of fused-ring (bicyclic) bond motifs is 2. The van der Waals surface area contributed by atoms with Gasteiger partial charge in [0.15, 0.2) is 12.1 Å². The zero-order valence-electron chi connectivity index (χ0n) is 33.4. The Morgan fingerprint density at radius 1 is 1.08 bits per heavy atom. The number of esters is 1. The first-order valence-electron chi connectivity index (χ1n) is 19.6. The van der Waals surface area contributed by atoms with Crippen LogP contribution in [0, 0.1) is 29.6 Å². The first kappa shape index (κ1) is 44.8. The summed E-state index contributed by atoms with van der Waals surface area (Å²) in [6.45, 7) is 17.2. The van der Waals surface area contributed by atoms with E-state index in [2.05, 4.69) is 19.1 Å². The number of aliphatic hydroxyl groups is 3. The van der Waals surface area contributed by atoms with Gasteiger partial charge < -0.3 is 44.7 Å². The molecular weight excluding hydrogens is 682 g/mol. The molecule has 3 rings (SSSR count). The molecule has 12 nitrogen and oxygen atoms in total. The number of ketones is 1. The lowest BCUT2D eigenvalue weighted by Gasteiger charge is -2.38. The highest BCUT2D eigenvalue weighted by molar-refractivity contribution is 5.80. The molecule has 0 radical (unpaired) electrons. The second-order valence-corrected chi connectivity index (χ2v) is 16.1. The molecule has 0 saturated carbocycles. The van der Waals surface area contributed by atoms with Crippen molar-refractivity contribution in [3.63, 3.8) is 0 Å². The van der Waals surface area contributed by atoms with Crippen LogP contribution in [0.5, 0.6) is 0 Å². The fraction of sp³-hybridized carbons (Fsp3) is 0.780. The molecule has 3 heterocycles. The largest absolute Gasteiger partial charge is 0.462 e. The zero-order valence-corrected chi connectivity index (χ0v) is 33.4. The van der Waals surface area contributed by atoms with Crippen molar-refractivity contribution >= 4 is 17.8 Å². The van der Waals surface area contributed by atoms with Crippen LogP contribution in [-0.2, 0) is 33.3 Å². The molecule has 14 atom stereocenters. The van der Waals surface area contributed by atoms with Gasteiger partial charge in [0, 0.05) is 25.2 Å². The fourth-order valence-corrected chi connectivity index (χ4v) is 8.07. The summed E-state index contributed by atoms with van der Waals surface area (Å²) in [6.07, 6.45) is 5.26. The van der Waals surface area contributed by atoms with Gasteiger partial charge in [-0.05, 0) is 87.7 Å². The summed E-state index contributed by atoms with van der Waals surface area (Å²) in [5.41, 5.74) is 7.13. The maximum atomic E-state index is 13.6. The number of ether oxygens (including phenoxy) is 5. The molecule has 3 aliphatic rings. The van der Waals surface area contributed by atoms with Gasteiger partial charge in [0.05, 0.1) is 24.7 Å². The molecule has 302 valence electrons. The van der Waals surface area contributed by atoms with E-state index < -0.39 is 66.7 Å². The molecule has 1 saturated heterocycles. The number of allylic oxidation sites excluding steroid dienone is 2. The Balaban J connectivity index is 1.90. The van der Waals surface area contributed by atoms with Crippen molar-refractivity contribution in [1.29, 1.82) is 0 Å². The molecule has 0 unspecified atom stereocenters. The number of hydrogen-bond acceptors (Lipinski definition) is 11. The average Bonchev–Trinajstić information content (AvgIpc) is 3.09. The van der Waals surface area contributed by atoms with Crippen molar-refractivity contribution in [2.24, 2.45) is 35.3 Å². The molecule has 0 aliphatic carbocycles. The van der Waals surface area contributed by atoms with Gasteiger partial charge in [-0.15, -0.1) is 0 Å². The van der Waals surface area contributed by atoms with Gasteiger partial charge in [-0.1, -0.05) is 65.8 Å². The second-order valence-electron chi connectivity index (χ2n) is 16.1. The number of aliphatic hydroxyl groups excluding tert-OH is 2. The predicted molar refractivity (Wildman–Crippen MR) is 200 cm³/mol. The van der Waals surface area contributed by atoms with Crippen molar-refractivity contribution < 1.29 is 53.4 Å². The number of carbonyl (C=O) groups excluding carboxylic acids is 3. The third kappa shape index (κ3) is 13.3. The number of primary amides is 1. The number of amides is 1. The molecule has 5 N–H and O–H groups in total. The summed E-state index contributed by atoms with van der Waals surface area (Å²) >= 11 is 0. The van der Waals surface area contributed by atoms with Gasteiger partial charge >= 0.3 is 12.1 Å². The smallest absolute Gasteiger partial charge is 0.404 e. The number of nitrogens with two attached hydrogens (primary N) is 1. The predicted octanol–water partition coefficient (Wildman–Crippen LogP) is 6.04. The fourth-order valence-electron chi connectivity index (χ4n) is 8.07. The Hall–Kier alpha value is -2.61. The van der Waals surface area contributed by atoms with Gasteiger partial charge in [-0.3, -0.25) is 9.59 Å². The molecule has 53 heavy (non-hydrogen) atoms. The van der Waals surface area contributed by atoms with Gasteiger partial charge in [0.2, 0.25) is 0 Å². The average molecular weight is 750 g/mol. The lowest BCUT2D eigenvalue weighted by molar-refractivity contribution is -0.254. The molecule has 0 aromatic carbocycles. The Labute approximate surface area is 316 Å². The lowest BCUT2D eigenvalue weighted by atomic mass is 9.79. The van der Waals surface area contributed by atoms with E-state index in [0.717, 1.165) is 17.6 Å². The Kier molecular flexibility index (Phi) is 17.2. The molecule has 3 aliphatic heterocycles. The first-order chi connectivity index (χ1) is 24.8. The molecule has 1 fully saturated rings. The maximum absolute atomic E-state index is 13.6. The first-order valence-corrected chi connectivity index (χ1v) is 19.6. The molecule has 0 spiro atoms. The van der Waals surface area contributed by atoms with Crippen molar-refractivity contribution in [1.82, 2.24) is 0 Å². The minimum Gasteiger partial charge on any atom is -0.462 e. The van der Waals surface area contributed by atoms with Crippen LogP contribution >= 0.6 is 0 Å². The zero-order chi connectivity index (χ0) is 39.6. The van der Waals surface area contributed by atoms with E-state index >= 15 is 0 Å². The number of carbonyl (C=O) groups is 3. The second kappa shape index (κ2) is 20.3. The van der Waals surface area contributed by atoms with Gasteiger partial charge in [-0.2, -0.15) is 0 Å². The third-order valence-corrected chi connectivity index (χ3v) is 11.2. The Morgan fingerprint density at radius 3 is 2.42 bits per heavy atom. The van der Waals surface area contributed by atoms with E-state index in [1.807, 2.05) is 46.8 Å². The van der Waals surface area contributed by atoms with Gasteiger partial charge in [0.1, 0.15) is 30.2 Å². The van der Waals surface area contributed by atoms with E-state index in [0.29, 0.717) is 32.1 Å². The SMILES string of the molecule is CCC(=O)[C@H](C)[C@H](O)[C@H](C)C[C@H](C)[C@@H]1OC(=O)C[C@]2(O)CC=C(C)[C@H](O2)/C(C)=C/CCC[C@H](O[C@H]2C[C@@H](OC(N)=O)[C@H](O)[C@@H](C)O2)/C=C/[C@@H](C)C[C@@H]1C. The van der Waals surface area contributed by atoms with Crippen LogP contribution in [0.2, 0.25) is 0 Å².